The molecular formula is C9H16N2S. The van der Waals surface area contributed by atoms with Crippen LogP contribution in [0.15, 0.2) is 0 Å². The Labute approximate surface area is 78.9 Å². The highest BCUT2D eigenvalue weighted by molar-refractivity contribution is 8.00. The quantitative estimate of drug-likeness (QED) is 0.621. The molecule has 1 rings (SSSR count). The number of nitriles is 1. The standard InChI is InChI=1S/C9H16N2S/c1-7(4-10)11-5-8(2)12-9(3)6-11/h7-9H,5-6H2,1-3H3. The molecule has 0 aromatic rings. The molecule has 3 unspecified atom stereocenters. The van der Waals surface area contributed by atoms with Crippen LogP contribution in [0.5, 0.6) is 0 Å². The maximum atomic E-state index is 8.76. The first-order chi connectivity index (χ1) is 5.63. The van der Waals surface area contributed by atoms with Crippen LogP contribution < -0.4 is 0 Å². The summed E-state index contributed by atoms with van der Waals surface area (Å²) < 4.78 is 0. The molecule has 0 aromatic carbocycles. The van der Waals surface area contributed by atoms with Gasteiger partial charge in [-0.3, -0.25) is 4.90 Å². The summed E-state index contributed by atoms with van der Waals surface area (Å²) in [4.78, 5) is 2.27. The molecule has 0 amide bonds. The molecule has 0 bridgehead atoms. The van der Waals surface area contributed by atoms with Crippen molar-refractivity contribution in [2.45, 2.75) is 37.3 Å². The monoisotopic (exact) mass is 184 g/mol. The largest absolute Gasteiger partial charge is 0.286 e. The van der Waals surface area contributed by atoms with Crippen LogP contribution in [0.4, 0.5) is 0 Å². The van der Waals surface area contributed by atoms with E-state index in [-0.39, 0.29) is 6.04 Å². The highest BCUT2D eigenvalue weighted by atomic mass is 32.2. The fraction of sp³-hybridized carbons (Fsp3) is 0.889. The summed E-state index contributed by atoms with van der Waals surface area (Å²) in [7, 11) is 0. The average Bonchev–Trinajstić information content (AvgIpc) is 2.01. The van der Waals surface area contributed by atoms with Crippen LogP contribution in [0, 0.1) is 11.3 Å². The van der Waals surface area contributed by atoms with Crippen molar-refractivity contribution in [1.29, 1.82) is 5.26 Å². The first-order valence-corrected chi connectivity index (χ1v) is 5.37. The second kappa shape index (κ2) is 4.15. The Morgan fingerprint density at radius 3 is 2.33 bits per heavy atom. The van der Waals surface area contributed by atoms with Gasteiger partial charge in [0, 0.05) is 23.6 Å². The van der Waals surface area contributed by atoms with E-state index in [1.807, 2.05) is 18.7 Å². The molecule has 1 fully saturated rings. The van der Waals surface area contributed by atoms with Gasteiger partial charge in [0.1, 0.15) is 0 Å². The van der Waals surface area contributed by atoms with E-state index >= 15 is 0 Å². The number of hydrogen-bond donors (Lipinski definition) is 0. The van der Waals surface area contributed by atoms with Gasteiger partial charge in [-0.2, -0.15) is 17.0 Å². The Kier molecular flexibility index (Phi) is 3.42. The van der Waals surface area contributed by atoms with Crippen LogP contribution in [0.25, 0.3) is 0 Å². The van der Waals surface area contributed by atoms with Crippen molar-refractivity contribution in [2.24, 2.45) is 0 Å². The summed E-state index contributed by atoms with van der Waals surface area (Å²) in [6.45, 7) is 8.57. The van der Waals surface area contributed by atoms with Crippen LogP contribution in [-0.4, -0.2) is 34.5 Å². The van der Waals surface area contributed by atoms with Gasteiger partial charge in [0.05, 0.1) is 12.1 Å². The molecule has 1 aliphatic heterocycles. The fourth-order valence-corrected chi connectivity index (χ4v) is 2.96. The van der Waals surface area contributed by atoms with Crippen molar-refractivity contribution in [3.63, 3.8) is 0 Å². The molecule has 3 atom stereocenters. The molecule has 68 valence electrons. The zero-order valence-corrected chi connectivity index (χ0v) is 8.77. The zero-order chi connectivity index (χ0) is 9.14. The molecule has 1 saturated heterocycles. The summed E-state index contributed by atoms with van der Waals surface area (Å²) in [5, 5.41) is 10.1. The third kappa shape index (κ3) is 2.40. The van der Waals surface area contributed by atoms with Gasteiger partial charge in [-0.1, -0.05) is 13.8 Å². The van der Waals surface area contributed by atoms with Gasteiger partial charge < -0.3 is 0 Å². The minimum atomic E-state index is 0.0794. The average molecular weight is 184 g/mol. The molecule has 0 N–H and O–H groups in total. The Morgan fingerprint density at radius 2 is 1.92 bits per heavy atom. The first kappa shape index (κ1) is 9.88. The Balaban J connectivity index is 2.50. The van der Waals surface area contributed by atoms with Crippen molar-refractivity contribution in [1.82, 2.24) is 4.90 Å². The maximum Gasteiger partial charge on any atom is 0.0950 e. The Bertz CT molecular complexity index is 177. The van der Waals surface area contributed by atoms with Gasteiger partial charge in [0.2, 0.25) is 0 Å². The van der Waals surface area contributed by atoms with Gasteiger partial charge in [-0.05, 0) is 6.92 Å². The normalized spacial score (nSPS) is 34.2. The third-order valence-corrected chi connectivity index (χ3v) is 3.41. The Hall–Kier alpha value is -0.200. The minimum absolute atomic E-state index is 0.0794. The van der Waals surface area contributed by atoms with Gasteiger partial charge in [-0.15, -0.1) is 0 Å². The molecule has 0 radical (unpaired) electrons. The van der Waals surface area contributed by atoms with Crippen molar-refractivity contribution in [2.75, 3.05) is 13.1 Å². The minimum Gasteiger partial charge on any atom is -0.286 e. The van der Waals surface area contributed by atoms with Crippen molar-refractivity contribution < 1.29 is 0 Å². The molecule has 1 heterocycles. The van der Waals surface area contributed by atoms with E-state index in [0.717, 1.165) is 13.1 Å². The third-order valence-electron chi connectivity index (χ3n) is 2.18. The second-order valence-electron chi connectivity index (χ2n) is 3.52. The van der Waals surface area contributed by atoms with Crippen LogP contribution in [0.2, 0.25) is 0 Å². The van der Waals surface area contributed by atoms with E-state index in [1.54, 1.807) is 0 Å². The lowest BCUT2D eigenvalue weighted by molar-refractivity contribution is 0.243. The molecule has 2 nitrogen and oxygen atoms in total. The van der Waals surface area contributed by atoms with Crippen molar-refractivity contribution >= 4 is 11.8 Å². The van der Waals surface area contributed by atoms with Crippen LogP contribution in [0.1, 0.15) is 20.8 Å². The molecule has 3 heteroatoms. The number of nitrogens with zero attached hydrogens (tertiary/aromatic N) is 2. The van der Waals surface area contributed by atoms with E-state index in [9.17, 15) is 0 Å². The fourth-order valence-electron chi connectivity index (χ4n) is 1.62. The zero-order valence-electron chi connectivity index (χ0n) is 7.95. The highest BCUT2D eigenvalue weighted by Gasteiger charge is 2.25. The Morgan fingerprint density at radius 1 is 1.42 bits per heavy atom. The number of hydrogen-bond acceptors (Lipinski definition) is 3. The molecule has 1 aliphatic rings. The van der Waals surface area contributed by atoms with Crippen molar-refractivity contribution in [3.05, 3.63) is 0 Å². The van der Waals surface area contributed by atoms with Crippen LogP contribution in [0.3, 0.4) is 0 Å². The van der Waals surface area contributed by atoms with Gasteiger partial charge >= 0.3 is 0 Å². The van der Waals surface area contributed by atoms with E-state index in [0.29, 0.717) is 10.5 Å². The summed E-state index contributed by atoms with van der Waals surface area (Å²) in [5.41, 5.74) is 0. The number of rotatable bonds is 1. The van der Waals surface area contributed by atoms with Gasteiger partial charge in [0.25, 0.3) is 0 Å². The van der Waals surface area contributed by atoms with Gasteiger partial charge in [-0.25, -0.2) is 0 Å². The van der Waals surface area contributed by atoms with E-state index in [1.165, 1.54) is 0 Å². The highest BCUT2D eigenvalue weighted by Crippen LogP contribution is 2.25. The maximum absolute atomic E-state index is 8.76. The van der Waals surface area contributed by atoms with Gasteiger partial charge in [0.15, 0.2) is 0 Å². The van der Waals surface area contributed by atoms with E-state index in [2.05, 4.69) is 24.8 Å². The molecule has 0 saturated carbocycles. The van der Waals surface area contributed by atoms with Crippen LogP contribution >= 0.6 is 11.8 Å². The first-order valence-electron chi connectivity index (χ1n) is 4.42. The molecule has 0 spiro atoms. The summed E-state index contributed by atoms with van der Waals surface area (Å²) in [6.07, 6.45) is 0. The predicted octanol–water partition coefficient (Wildman–Crippen LogP) is 1.72. The molecule has 12 heavy (non-hydrogen) atoms. The van der Waals surface area contributed by atoms with Crippen molar-refractivity contribution in [3.8, 4) is 6.07 Å². The molecule has 0 aromatic heterocycles. The SMILES string of the molecule is CC1CN(C(C)C#N)CC(C)S1. The van der Waals surface area contributed by atoms with Crippen LogP contribution in [-0.2, 0) is 0 Å². The predicted molar refractivity (Wildman–Crippen MR) is 53.2 cm³/mol. The van der Waals surface area contributed by atoms with E-state index < -0.39 is 0 Å². The van der Waals surface area contributed by atoms with E-state index in [4.69, 9.17) is 5.26 Å². The summed E-state index contributed by atoms with van der Waals surface area (Å²) in [6, 6.07) is 2.37. The lowest BCUT2D eigenvalue weighted by atomic mass is 10.2. The topological polar surface area (TPSA) is 27.0 Å². The summed E-state index contributed by atoms with van der Waals surface area (Å²) >= 11 is 2.02. The molecule has 0 aliphatic carbocycles. The second-order valence-corrected chi connectivity index (χ2v) is 5.40. The number of thioether (sulfide) groups is 1. The summed E-state index contributed by atoms with van der Waals surface area (Å²) in [5.74, 6) is 0. The smallest absolute Gasteiger partial charge is 0.0950 e. The lowest BCUT2D eigenvalue weighted by Gasteiger charge is -2.35. The lowest BCUT2D eigenvalue weighted by Crippen LogP contribution is -2.44. The molecular weight excluding hydrogens is 168 g/mol.